The Morgan fingerprint density at radius 3 is 2.11 bits per heavy atom. The summed E-state index contributed by atoms with van der Waals surface area (Å²) in [6.07, 6.45) is 3.15. The molecule has 5 aromatic carbocycles. The van der Waals surface area contributed by atoms with Crippen molar-refractivity contribution in [2.75, 3.05) is 25.1 Å². The molecule has 1 heterocycles. The van der Waals surface area contributed by atoms with Gasteiger partial charge in [-0.15, -0.1) is 13.2 Å². The first-order chi connectivity index (χ1) is 30.7. The number of allylic oxidation sites excluding steroid dienone is 2. The lowest BCUT2D eigenvalue weighted by atomic mass is 9.92. The summed E-state index contributed by atoms with van der Waals surface area (Å²) < 4.78 is 11.4. The van der Waals surface area contributed by atoms with E-state index >= 15 is 0 Å². The summed E-state index contributed by atoms with van der Waals surface area (Å²) in [4.78, 5) is 70.5. The Balaban J connectivity index is 1.04. The Morgan fingerprint density at radius 1 is 0.746 bits per heavy atom. The summed E-state index contributed by atoms with van der Waals surface area (Å²) in [5.41, 5.74) is 6.69. The van der Waals surface area contributed by atoms with Gasteiger partial charge in [-0.1, -0.05) is 115 Å². The quantitative estimate of drug-likeness (QED) is 0.0531. The predicted octanol–water partition coefficient (Wildman–Crippen LogP) is 7.21. The van der Waals surface area contributed by atoms with E-state index in [4.69, 9.17) is 9.47 Å². The molecule has 0 unspecified atom stereocenters. The van der Waals surface area contributed by atoms with Crippen LogP contribution in [0.2, 0.25) is 0 Å². The number of rotatable bonds is 18. The predicted molar refractivity (Wildman–Crippen MR) is 241 cm³/mol. The number of nitrogens with one attached hydrogen (secondary N) is 3. The van der Waals surface area contributed by atoms with Crippen LogP contribution >= 0.6 is 0 Å². The minimum absolute atomic E-state index is 0.0340. The highest BCUT2D eigenvalue weighted by Gasteiger charge is 2.35. The van der Waals surface area contributed by atoms with E-state index in [0.29, 0.717) is 18.5 Å². The van der Waals surface area contributed by atoms with Crippen molar-refractivity contribution in [1.29, 1.82) is 0 Å². The normalized spacial score (nSPS) is 15.4. The van der Waals surface area contributed by atoms with Crippen LogP contribution in [0.4, 0.5) is 10.5 Å². The second-order valence-corrected chi connectivity index (χ2v) is 15.9. The molecule has 0 radical (unpaired) electrons. The van der Waals surface area contributed by atoms with E-state index in [9.17, 15) is 29.1 Å². The third-order valence-electron chi connectivity index (χ3n) is 11.8. The number of esters is 1. The van der Waals surface area contributed by atoms with Crippen molar-refractivity contribution in [3.8, 4) is 11.1 Å². The molecule has 5 aromatic rings. The van der Waals surface area contributed by atoms with E-state index in [0.717, 1.165) is 44.2 Å². The van der Waals surface area contributed by atoms with Gasteiger partial charge in [-0.05, 0) is 82.0 Å². The first kappa shape index (κ1) is 44.0. The Morgan fingerprint density at radius 2 is 1.41 bits per heavy atom. The Hall–Kier alpha value is -7.05. The van der Waals surface area contributed by atoms with Gasteiger partial charge >= 0.3 is 12.1 Å². The molecule has 0 saturated carbocycles. The maximum Gasteiger partial charge on any atom is 0.407 e. The lowest BCUT2D eigenvalue weighted by molar-refractivity contribution is -0.148. The SMILES string of the molecule is C=CCC[C@H](NC(=O)OCC1c2ccccc2-c2ccccc21)C(=O)OC[C@H](NC(=O)[C@H](CC=C)CC(=O)N1Cc2ccccc2C[C@H]1CO)C(=O)Nc1ccc2ccccc2c1. The third-order valence-corrected chi connectivity index (χ3v) is 11.8. The van der Waals surface area contributed by atoms with Gasteiger partial charge in [0.05, 0.1) is 18.6 Å². The van der Waals surface area contributed by atoms with Gasteiger partial charge in [-0.3, -0.25) is 14.4 Å². The summed E-state index contributed by atoms with van der Waals surface area (Å²) in [5.74, 6) is -3.61. The summed E-state index contributed by atoms with van der Waals surface area (Å²) in [6.45, 7) is 7.03. The smallest absolute Gasteiger partial charge is 0.407 e. The van der Waals surface area contributed by atoms with Gasteiger partial charge in [-0.25, -0.2) is 9.59 Å². The van der Waals surface area contributed by atoms with Crippen LogP contribution in [0.5, 0.6) is 0 Å². The first-order valence-electron chi connectivity index (χ1n) is 21.2. The number of hydrogen-bond donors (Lipinski definition) is 4. The largest absolute Gasteiger partial charge is 0.461 e. The monoisotopic (exact) mass is 848 g/mol. The zero-order valence-corrected chi connectivity index (χ0v) is 35.0. The van der Waals surface area contributed by atoms with Crippen molar-refractivity contribution in [3.63, 3.8) is 0 Å². The van der Waals surface area contributed by atoms with E-state index in [-0.39, 0.29) is 50.8 Å². The Kier molecular flexibility index (Phi) is 14.4. The fourth-order valence-corrected chi connectivity index (χ4v) is 8.41. The third kappa shape index (κ3) is 10.5. The lowest BCUT2D eigenvalue weighted by Gasteiger charge is -2.36. The van der Waals surface area contributed by atoms with Crippen molar-refractivity contribution in [1.82, 2.24) is 15.5 Å². The molecule has 4 atom stereocenters. The molecule has 1 aliphatic heterocycles. The standard InChI is InChI=1S/C51H52N4O8/c1-3-5-23-45(54-51(61)63-31-44-42-21-12-10-19-40(42)41-20-11-13-22-43(41)44)50(60)62-32-46(49(59)52-38-25-24-33-15-6-7-16-34(33)26-38)53-48(58)36(14-4-2)28-47(57)55-29-37-18-9-8-17-35(37)27-39(55)30-56/h3-4,6-13,15-22,24-26,36,39,44-46,56H,1-2,5,14,23,27-32H2,(H,52,59)(H,53,58)(H,54,61)/t36-,39+,45+,46+/m1/s1. The van der Waals surface area contributed by atoms with Gasteiger partial charge in [0, 0.05) is 24.6 Å². The number of nitrogens with zero attached hydrogens (tertiary/aromatic N) is 1. The van der Waals surface area contributed by atoms with E-state index in [1.807, 2.05) is 103 Å². The number of aliphatic hydroxyl groups is 1. The summed E-state index contributed by atoms with van der Waals surface area (Å²) in [7, 11) is 0. The highest BCUT2D eigenvalue weighted by molar-refractivity contribution is 6.00. The average Bonchev–Trinajstić information content (AvgIpc) is 3.63. The van der Waals surface area contributed by atoms with Crippen molar-refractivity contribution in [2.24, 2.45) is 5.92 Å². The minimum atomic E-state index is -1.41. The molecule has 324 valence electrons. The molecule has 7 rings (SSSR count). The van der Waals surface area contributed by atoms with Gasteiger partial charge in [0.2, 0.25) is 11.8 Å². The molecule has 1 aliphatic carbocycles. The number of ether oxygens (including phenoxy) is 2. The summed E-state index contributed by atoms with van der Waals surface area (Å²) in [6, 6.07) is 33.6. The van der Waals surface area contributed by atoms with Crippen LogP contribution in [0.3, 0.4) is 0 Å². The molecular formula is C51H52N4O8. The highest BCUT2D eigenvalue weighted by Crippen LogP contribution is 2.44. The van der Waals surface area contributed by atoms with Crippen LogP contribution in [-0.4, -0.2) is 77.7 Å². The average molecular weight is 849 g/mol. The van der Waals surface area contributed by atoms with Crippen molar-refractivity contribution in [2.45, 2.75) is 62.7 Å². The molecule has 0 bridgehead atoms. The number of anilines is 1. The molecule has 4 amide bonds. The second-order valence-electron chi connectivity index (χ2n) is 15.9. The Bertz CT molecular complexity index is 2460. The fraction of sp³-hybridized carbons (Fsp3) is 0.275. The molecular weight excluding hydrogens is 797 g/mol. The molecule has 0 saturated heterocycles. The fourth-order valence-electron chi connectivity index (χ4n) is 8.41. The maximum atomic E-state index is 14.1. The maximum absolute atomic E-state index is 14.1. The summed E-state index contributed by atoms with van der Waals surface area (Å²) >= 11 is 0. The van der Waals surface area contributed by atoms with Gasteiger partial charge < -0.3 is 35.4 Å². The van der Waals surface area contributed by atoms with Crippen LogP contribution < -0.4 is 16.0 Å². The zero-order valence-electron chi connectivity index (χ0n) is 35.0. The van der Waals surface area contributed by atoms with Crippen LogP contribution in [-0.2, 0) is 41.6 Å². The van der Waals surface area contributed by atoms with Gasteiger partial charge in [0.1, 0.15) is 25.3 Å². The minimum Gasteiger partial charge on any atom is -0.461 e. The number of benzene rings is 5. The molecule has 0 spiro atoms. The van der Waals surface area contributed by atoms with Crippen molar-refractivity contribution >= 4 is 46.2 Å². The van der Waals surface area contributed by atoms with Crippen LogP contribution in [0, 0.1) is 5.92 Å². The number of carbonyl (C=O) groups excluding carboxylic acids is 5. The van der Waals surface area contributed by atoms with Crippen LogP contribution in [0.1, 0.15) is 53.9 Å². The molecule has 63 heavy (non-hydrogen) atoms. The molecule has 12 nitrogen and oxygen atoms in total. The number of aliphatic hydroxyl groups excluding tert-OH is 1. The number of alkyl carbamates (subject to hydrolysis) is 1. The molecule has 12 heteroatoms. The molecule has 0 aromatic heterocycles. The van der Waals surface area contributed by atoms with E-state index in [2.05, 4.69) is 29.1 Å². The second kappa shape index (κ2) is 20.7. The molecule has 4 N–H and O–H groups in total. The van der Waals surface area contributed by atoms with Crippen LogP contribution in [0.15, 0.2) is 141 Å². The zero-order chi connectivity index (χ0) is 44.3. The number of carbonyl (C=O) groups is 5. The number of fused-ring (bicyclic) bond motifs is 5. The van der Waals surface area contributed by atoms with Crippen molar-refractivity contribution < 1.29 is 38.6 Å². The number of hydrogen-bond acceptors (Lipinski definition) is 8. The van der Waals surface area contributed by atoms with E-state index < -0.39 is 54.5 Å². The van der Waals surface area contributed by atoms with E-state index in [1.54, 1.807) is 23.1 Å². The highest BCUT2D eigenvalue weighted by atomic mass is 16.6. The van der Waals surface area contributed by atoms with Crippen molar-refractivity contribution in [3.05, 3.63) is 163 Å². The van der Waals surface area contributed by atoms with Gasteiger partial charge in [0.15, 0.2) is 0 Å². The Labute approximate surface area is 367 Å². The lowest BCUT2D eigenvalue weighted by Crippen LogP contribution is -2.51. The van der Waals surface area contributed by atoms with Gasteiger partial charge in [0.25, 0.3) is 5.91 Å². The first-order valence-corrected chi connectivity index (χ1v) is 21.2. The van der Waals surface area contributed by atoms with Crippen LogP contribution in [0.25, 0.3) is 21.9 Å². The summed E-state index contributed by atoms with van der Waals surface area (Å²) in [5, 5.41) is 20.2. The number of amides is 4. The topological polar surface area (TPSA) is 163 Å². The molecule has 2 aliphatic rings. The molecule has 0 fully saturated rings. The van der Waals surface area contributed by atoms with Gasteiger partial charge in [-0.2, -0.15) is 0 Å². The van der Waals surface area contributed by atoms with E-state index in [1.165, 1.54) is 6.08 Å².